The lowest BCUT2D eigenvalue weighted by molar-refractivity contribution is 0.164. The van der Waals surface area contributed by atoms with E-state index in [0.717, 1.165) is 36.2 Å². The van der Waals surface area contributed by atoms with Crippen molar-refractivity contribution in [3.05, 3.63) is 99.5 Å². The van der Waals surface area contributed by atoms with Crippen molar-refractivity contribution in [3.63, 3.8) is 0 Å². The first-order valence-corrected chi connectivity index (χ1v) is 11.1. The molecule has 4 nitrogen and oxygen atoms in total. The molecule has 31 heavy (non-hydrogen) atoms. The van der Waals surface area contributed by atoms with Crippen molar-refractivity contribution in [3.8, 4) is 5.75 Å². The number of likely N-dealkylation sites (tertiary alicyclic amines) is 1. The molecule has 4 rings (SSSR count). The number of amides is 2. The number of urea groups is 1. The number of nitrogens with zero attached hydrogens (tertiary/aromatic N) is 1. The Kier molecular flexibility index (Phi) is 6.69. The second kappa shape index (κ2) is 9.63. The third-order valence-electron chi connectivity index (χ3n) is 5.44. The average molecular weight is 455 g/mol. The highest BCUT2D eigenvalue weighted by Gasteiger charge is 2.23. The Balaban J connectivity index is 1.58. The minimum absolute atomic E-state index is 0.0276. The summed E-state index contributed by atoms with van der Waals surface area (Å²) >= 11 is 12.6. The summed E-state index contributed by atoms with van der Waals surface area (Å²) in [5.74, 6) is 0.697. The Hall–Kier alpha value is -2.69. The van der Waals surface area contributed by atoms with Crippen molar-refractivity contribution < 1.29 is 9.53 Å². The molecule has 0 aliphatic carbocycles. The van der Waals surface area contributed by atoms with Crippen LogP contribution in [-0.4, -0.2) is 24.0 Å². The van der Waals surface area contributed by atoms with Gasteiger partial charge in [0.05, 0.1) is 6.04 Å². The van der Waals surface area contributed by atoms with Gasteiger partial charge in [-0.15, -0.1) is 0 Å². The number of halogens is 2. The zero-order valence-electron chi connectivity index (χ0n) is 17.2. The van der Waals surface area contributed by atoms with Crippen molar-refractivity contribution >= 4 is 29.2 Å². The molecule has 1 saturated heterocycles. The topological polar surface area (TPSA) is 41.6 Å². The molecule has 1 aliphatic rings. The van der Waals surface area contributed by atoms with E-state index in [9.17, 15) is 4.79 Å². The van der Waals surface area contributed by atoms with Gasteiger partial charge in [-0.05, 0) is 48.7 Å². The van der Waals surface area contributed by atoms with Crippen LogP contribution in [0.4, 0.5) is 4.79 Å². The highest BCUT2D eigenvalue weighted by atomic mass is 35.5. The zero-order valence-corrected chi connectivity index (χ0v) is 18.7. The first-order chi connectivity index (χ1) is 15.0. The van der Waals surface area contributed by atoms with E-state index in [2.05, 4.69) is 5.32 Å². The summed E-state index contributed by atoms with van der Waals surface area (Å²) in [6.07, 6.45) is 0.673. The maximum absolute atomic E-state index is 12.3. The molecule has 6 heteroatoms. The number of carbonyl (C=O) groups is 1. The van der Waals surface area contributed by atoms with Crippen LogP contribution in [0.3, 0.4) is 0 Å². The van der Waals surface area contributed by atoms with E-state index >= 15 is 0 Å². The van der Waals surface area contributed by atoms with Crippen LogP contribution < -0.4 is 10.1 Å². The lowest BCUT2D eigenvalue weighted by Gasteiger charge is -2.32. The van der Waals surface area contributed by atoms with Gasteiger partial charge in [0, 0.05) is 28.7 Å². The van der Waals surface area contributed by atoms with Gasteiger partial charge in [-0.2, -0.15) is 0 Å². The summed E-state index contributed by atoms with van der Waals surface area (Å²) in [4.78, 5) is 14.1. The predicted octanol–water partition coefficient (Wildman–Crippen LogP) is 6.64. The first kappa shape index (κ1) is 21.5. The molecule has 1 N–H and O–H groups in total. The van der Waals surface area contributed by atoms with Crippen LogP contribution in [0.2, 0.25) is 10.0 Å². The van der Waals surface area contributed by atoms with E-state index in [4.69, 9.17) is 27.9 Å². The molecule has 2 atom stereocenters. The summed E-state index contributed by atoms with van der Waals surface area (Å²) in [5.41, 5.74) is 2.79. The Bertz CT molecular complexity index is 1050. The Morgan fingerprint density at radius 1 is 0.968 bits per heavy atom. The van der Waals surface area contributed by atoms with Crippen LogP contribution in [0, 0.1) is 0 Å². The monoisotopic (exact) mass is 454 g/mol. The van der Waals surface area contributed by atoms with Gasteiger partial charge in [-0.3, -0.25) is 0 Å². The molecule has 0 bridgehead atoms. The van der Waals surface area contributed by atoms with Gasteiger partial charge in [0.2, 0.25) is 0 Å². The van der Waals surface area contributed by atoms with Gasteiger partial charge in [0.25, 0.3) is 0 Å². The van der Waals surface area contributed by atoms with Gasteiger partial charge in [0.15, 0.2) is 6.10 Å². The summed E-state index contributed by atoms with van der Waals surface area (Å²) in [5, 5.41) is 4.18. The van der Waals surface area contributed by atoms with Crippen LogP contribution in [0.1, 0.15) is 42.2 Å². The smallest absolute Gasteiger partial charge is 0.317 e. The molecule has 3 aromatic carbocycles. The SMILES string of the molecule is C[C@H](NC(=O)N1CCC1)c1cccc(OC(c2ccccc2)c2ccc(Cl)cc2Cl)c1. The molecule has 1 fully saturated rings. The van der Waals surface area contributed by atoms with Crippen molar-refractivity contribution in [1.82, 2.24) is 10.2 Å². The van der Waals surface area contributed by atoms with Gasteiger partial charge in [-0.25, -0.2) is 4.79 Å². The molecular weight excluding hydrogens is 431 g/mol. The van der Waals surface area contributed by atoms with E-state index in [1.807, 2.05) is 78.6 Å². The van der Waals surface area contributed by atoms with E-state index in [1.165, 1.54) is 0 Å². The molecule has 2 amide bonds. The van der Waals surface area contributed by atoms with Crippen LogP contribution in [0.5, 0.6) is 5.75 Å². The molecule has 3 aromatic rings. The predicted molar refractivity (Wildman–Crippen MR) is 125 cm³/mol. The van der Waals surface area contributed by atoms with Crippen LogP contribution in [-0.2, 0) is 0 Å². The van der Waals surface area contributed by atoms with Gasteiger partial charge < -0.3 is 15.0 Å². The quantitative estimate of drug-likeness (QED) is 0.453. The number of hydrogen-bond acceptors (Lipinski definition) is 2. The molecule has 0 aromatic heterocycles. The summed E-state index contributed by atoms with van der Waals surface area (Å²) in [7, 11) is 0. The number of ether oxygens (including phenoxy) is 1. The highest BCUT2D eigenvalue weighted by Crippen LogP contribution is 2.34. The molecule has 1 heterocycles. The molecular formula is C25H24Cl2N2O2. The van der Waals surface area contributed by atoms with Gasteiger partial charge in [0.1, 0.15) is 5.75 Å². The molecule has 0 radical (unpaired) electrons. The van der Waals surface area contributed by atoms with Crippen LogP contribution in [0.15, 0.2) is 72.8 Å². The standard InChI is InChI=1S/C25H24Cl2N2O2/c1-17(28-25(30)29-13-6-14-29)19-9-5-10-21(15-19)31-24(18-7-3-2-4-8-18)22-12-11-20(26)16-23(22)27/h2-5,7-12,15-17,24H,6,13-14H2,1H3,(H,28,30)/t17-,24?/m0/s1. The molecule has 160 valence electrons. The van der Waals surface area contributed by atoms with E-state index in [1.54, 1.807) is 6.07 Å². The van der Waals surface area contributed by atoms with E-state index in [-0.39, 0.29) is 12.1 Å². The average Bonchev–Trinajstić information content (AvgIpc) is 2.72. The fourth-order valence-corrected chi connectivity index (χ4v) is 4.03. The Morgan fingerprint density at radius 3 is 2.39 bits per heavy atom. The lowest BCUT2D eigenvalue weighted by Crippen LogP contribution is -2.48. The molecule has 1 unspecified atom stereocenters. The minimum atomic E-state index is -0.396. The maximum Gasteiger partial charge on any atom is 0.317 e. The number of benzene rings is 3. The summed E-state index contributed by atoms with van der Waals surface area (Å²) in [6, 6.07) is 23.0. The normalized spacial score (nSPS) is 15.0. The first-order valence-electron chi connectivity index (χ1n) is 10.3. The fourth-order valence-electron chi connectivity index (χ4n) is 3.53. The third kappa shape index (κ3) is 5.15. The lowest BCUT2D eigenvalue weighted by atomic mass is 10.0. The summed E-state index contributed by atoms with van der Waals surface area (Å²) in [6.45, 7) is 3.62. The van der Waals surface area contributed by atoms with Crippen molar-refractivity contribution in [2.45, 2.75) is 25.5 Å². The van der Waals surface area contributed by atoms with E-state index in [0.29, 0.717) is 15.8 Å². The number of carbonyl (C=O) groups excluding carboxylic acids is 1. The second-order valence-corrected chi connectivity index (χ2v) is 8.50. The maximum atomic E-state index is 12.3. The second-order valence-electron chi connectivity index (χ2n) is 7.66. The fraction of sp³-hybridized carbons (Fsp3) is 0.240. The largest absolute Gasteiger partial charge is 0.481 e. The van der Waals surface area contributed by atoms with Crippen LogP contribution >= 0.6 is 23.2 Å². The Morgan fingerprint density at radius 2 is 1.71 bits per heavy atom. The number of rotatable bonds is 6. The van der Waals surface area contributed by atoms with E-state index < -0.39 is 6.10 Å². The van der Waals surface area contributed by atoms with Gasteiger partial charge in [-0.1, -0.05) is 71.7 Å². The molecule has 0 spiro atoms. The molecule has 0 saturated carbocycles. The zero-order chi connectivity index (χ0) is 21.8. The summed E-state index contributed by atoms with van der Waals surface area (Å²) < 4.78 is 6.43. The van der Waals surface area contributed by atoms with Crippen LogP contribution in [0.25, 0.3) is 0 Å². The number of hydrogen-bond donors (Lipinski definition) is 1. The molecule has 1 aliphatic heterocycles. The highest BCUT2D eigenvalue weighted by molar-refractivity contribution is 6.35. The minimum Gasteiger partial charge on any atom is -0.481 e. The van der Waals surface area contributed by atoms with Crippen molar-refractivity contribution in [2.75, 3.05) is 13.1 Å². The van der Waals surface area contributed by atoms with Crippen molar-refractivity contribution in [2.24, 2.45) is 0 Å². The Labute approximate surface area is 192 Å². The number of nitrogens with one attached hydrogen (secondary N) is 1. The third-order valence-corrected chi connectivity index (χ3v) is 6.00. The van der Waals surface area contributed by atoms with Gasteiger partial charge >= 0.3 is 6.03 Å². The van der Waals surface area contributed by atoms with Crippen molar-refractivity contribution in [1.29, 1.82) is 0 Å².